The van der Waals surface area contributed by atoms with Crippen molar-refractivity contribution in [1.29, 1.82) is 0 Å². The van der Waals surface area contributed by atoms with Crippen molar-refractivity contribution >= 4 is 35.1 Å². The highest BCUT2D eigenvalue weighted by atomic mass is 35.5. The van der Waals surface area contributed by atoms with Gasteiger partial charge < -0.3 is 25.6 Å². The van der Waals surface area contributed by atoms with Crippen molar-refractivity contribution in [3.8, 4) is 0 Å². The normalized spacial score (nSPS) is 14.9. The summed E-state index contributed by atoms with van der Waals surface area (Å²) in [6.07, 6.45) is 1.17. The molecule has 0 aromatic heterocycles. The second kappa shape index (κ2) is 12.4. The molecule has 1 aliphatic rings. The Balaban J connectivity index is 1.62. The zero-order valence-corrected chi connectivity index (χ0v) is 20.2. The number of urea groups is 1. The van der Waals surface area contributed by atoms with Crippen LogP contribution in [0.5, 0.6) is 0 Å². The monoisotopic (exact) mass is 486 g/mol. The molecule has 3 rings (SSSR count). The van der Waals surface area contributed by atoms with Crippen LogP contribution in [0.1, 0.15) is 28.8 Å². The molecule has 8 nitrogen and oxygen atoms in total. The van der Waals surface area contributed by atoms with E-state index >= 15 is 0 Å². The van der Waals surface area contributed by atoms with E-state index in [1.54, 1.807) is 48.4 Å². The van der Waals surface area contributed by atoms with Gasteiger partial charge in [0.2, 0.25) is 5.91 Å². The maximum atomic E-state index is 12.9. The van der Waals surface area contributed by atoms with Gasteiger partial charge in [-0.25, -0.2) is 4.79 Å². The molecule has 2 aromatic rings. The first-order valence-corrected chi connectivity index (χ1v) is 11.7. The van der Waals surface area contributed by atoms with E-state index in [0.717, 1.165) is 5.56 Å². The smallest absolute Gasteiger partial charge is 0.321 e. The number of aryl methyl sites for hydroxylation is 1. The standard InChI is InChI=1S/C25H31ClN4O4/c1-17-6-8-19(9-7-17)23(31)29-22(24(32)27-12-15-34-2)18-10-13-30(14-11-18)25(33)28-21-5-3-4-20(26)16-21/h3-9,16,18,22H,10-15H2,1-2H3,(H,27,32)(H,28,33)(H,29,31)/t22-/m1/s1. The Bertz CT molecular complexity index is 991. The number of hydrogen-bond donors (Lipinski definition) is 3. The van der Waals surface area contributed by atoms with Gasteiger partial charge >= 0.3 is 6.03 Å². The van der Waals surface area contributed by atoms with Gasteiger partial charge in [-0.05, 0) is 56.0 Å². The number of hydrogen-bond acceptors (Lipinski definition) is 4. The van der Waals surface area contributed by atoms with Crippen molar-refractivity contribution in [1.82, 2.24) is 15.5 Å². The van der Waals surface area contributed by atoms with Crippen LogP contribution >= 0.6 is 11.6 Å². The number of rotatable bonds is 8. The van der Waals surface area contributed by atoms with Gasteiger partial charge in [0, 0.05) is 43.0 Å². The highest BCUT2D eigenvalue weighted by molar-refractivity contribution is 6.30. The molecular weight excluding hydrogens is 456 g/mol. The van der Waals surface area contributed by atoms with Crippen LogP contribution in [-0.4, -0.2) is 62.1 Å². The second-order valence-corrected chi connectivity index (χ2v) is 8.80. The zero-order valence-electron chi connectivity index (χ0n) is 19.5. The number of piperidine rings is 1. The predicted octanol–water partition coefficient (Wildman–Crippen LogP) is 3.45. The molecule has 1 aliphatic heterocycles. The fourth-order valence-corrected chi connectivity index (χ4v) is 4.11. The van der Waals surface area contributed by atoms with E-state index in [1.807, 2.05) is 19.1 Å². The molecule has 0 unspecified atom stereocenters. The average Bonchev–Trinajstić information content (AvgIpc) is 2.83. The summed E-state index contributed by atoms with van der Waals surface area (Å²) in [7, 11) is 1.56. The fourth-order valence-electron chi connectivity index (χ4n) is 3.92. The van der Waals surface area contributed by atoms with E-state index in [9.17, 15) is 14.4 Å². The van der Waals surface area contributed by atoms with Crippen LogP contribution in [0, 0.1) is 12.8 Å². The Kier molecular flexibility index (Phi) is 9.30. The highest BCUT2D eigenvalue weighted by Gasteiger charge is 2.34. The van der Waals surface area contributed by atoms with Gasteiger partial charge in [0.25, 0.3) is 5.91 Å². The van der Waals surface area contributed by atoms with Crippen molar-refractivity contribution in [2.75, 3.05) is 38.7 Å². The molecule has 1 heterocycles. The molecule has 0 saturated carbocycles. The number of amides is 4. The van der Waals surface area contributed by atoms with E-state index in [4.69, 9.17) is 16.3 Å². The second-order valence-electron chi connectivity index (χ2n) is 8.37. The molecule has 3 N–H and O–H groups in total. The number of likely N-dealkylation sites (tertiary alicyclic amines) is 1. The molecule has 2 aromatic carbocycles. The molecule has 34 heavy (non-hydrogen) atoms. The summed E-state index contributed by atoms with van der Waals surface area (Å²) in [4.78, 5) is 40.2. The first kappa shape index (κ1) is 25.5. The van der Waals surface area contributed by atoms with Crippen molar-refractivity contribution in [3.63, 3.8) is 0 Å². The summed E-state index contributed by atoms with van der Waals surface area (Å²) >= 11 is 5.99. The minimum Gasteiger partial charge on any atom is -0.383 e. The Hall–Kier alpha value is -3.10. The fraction of sp³-hybridized carbons (Fsp3) is 0.400. The Morgan fingerprint density at radius 3 is 2.47 bits per heavy atom. The number of halogens is 1. The van der Waals surface area contributed by atoms with Crippen molar-refractivity contribution in [3.05, 3.63) is 64.7 Å². The van der Waals surface area contributed by atoms with Gasteiger partial charge in [-0.3, -0.25) is 9.59 Å². The number of methoxy groups -OCH3 is 1. The number of anilines is 1. The van der Waals surface area contributed by atoms with Gasteiger partial charge in [-0.1, -0.05) is 35.4 Å². The number of nitrogens with zero attached hydrogens (tertiary/aromatic N) is 1. The summed E-state index contributed by atoms with van der Waals surface area (Å²) in [5.74, 6) is -0.653. The van der Waals surface area contributed by atoms with Crippen LogP contribution in [-0.2, 0) is 9.53 Å². The van der Waals surface area contributed by atoms with Gasteiger partial charge in [-0.15, -0.1) is 0 Å². The Morgan fingerprint density at radius 1 is 1.12 bits per heavy atom. The topological polar surface area (TPSA) is 99.8 Å². The Morgan fingerprint density at radius 2 is 1.82 bits per heavy atom. The van der Waals surface area contributed by atoms with Crippen LogP contribution in [0.3, 0.4) is 0 Å². The summed E-state index contributed by atoms with van der Waals surface area (Å²) in [5.41, 5.74) is 2.17. The SMILES string of the molecule is COCCNC(=O)[C@H](NC(=O)c1ccc(C)cc1)C1CCN(C(=O)Nc2cccc(Cl)c2)CC1. The van der Waals surface area contributed by atoms with Crippen LogP contribution in [0.25, 0.3) is 0 Å². The third kappa shape index (κ3) is 7.20. The third-order valence-electron chi connectivity index (χ3n) is 5.86. The molecule has 0 aliphatic carbocycles. The lowest BCUT2D eigenvalue weighted by molar-refractivity contribution is -0.124. The highest BCUT2D eigenvalue weighted by Crippen LogP contribution is 2.23. The molecule has 4 amide bonds. The number of ether oxygens (including phenoxy) is 1. The van der Waals surface area contributed by atoms with Crippen LogP contribution in [0.4, 0.5) is 10.5 Å². The summed E-state index contributed by atoms with van der Waals surface area (Å²) < 4.78 is 5.01. The van der Waals surface area contributed by atoms with E-state index in [2.05, 4.69) is 16.0 Å². The first-order valence-electron chi connectivity index (χ1n) is 11.3. The first-order chi connectivity index (χ1) is 16.4. The lowest BCUT2D eigenvalue weighted by Crippen LogP contribution is -2.54. The average molecular weight is 487 g/mol. The number of carbonyl (C=O) groups is 3. The molecule has 0 radical (unpaired) electrons. The molecule has 1 fully saturated rings. The van der Waals surface area contributed by atoms with Crippen molar-refractivity contribution in [2.45, 2.75) is 25.8 Å². The minimum absolute atomic E-state index is 0.104. The Labute approximate surface area is 205 Å². The maximum absolute atomic E-state index is 12.9. The number of benzene rings is 2. The molecule has 0 spiro atoms. The molecular formula is C25H31ClN4O4. The van der Waals surface area contributed by atoms with Gasteiger partial charge in [0.1, 0.15) is 6.04 Å². The molecule has 1 atom stereocenters. The third-order valence-corrected chi connectivity index (χ3v) is 6.10. The van der Waals surface area contributed by atoms with E-state index in [-0.39, 0.29) is 23.8 Å². The van der Waals surface area contributed by atoms with Crippen molar-refractivity contribution in [2.24, 2.45) is 5.92 Å². The summed E-state index contributed by atoms with van der Waals surface area (Å²) in [5, 5.41) is 9.14. The van der Waals surface area contributed by atoms with Crippen molar-refractivity contribution < 1.29 is 19.1 Å². The summed E-state index contributed by atoms with van der Waals surface area (Å²) in [6, 6.07) is 13.3. The lowest BCUT2D eigenvalue weighted by atomic mass is 9.88. The van der Waals surface area contributed by atoms with E-state index < -0.39 is 6.04 Å². The lowest BCUT2D eigenvalue weighted by Gasteiger charge is -2.35. The molecule has 0 bridgehead atoms. The largest absolute Gasteiger partial charge is 0.383 e. The van der Waals surface area contributed by atoms with Gasteiger partial charge in [0.15, 0.2) is 0 Å². The molecule has 9 heteroatoms. The van der Waals surface area contributed by atoms with Crippen LogP contribution in [0.2, 0.25) is 5.02 Å². The molecule has 1 saturated heterocycles. The van der Waals surface area contributed by atoms with E-state index in [0.29, 0.717) is 55.4 Å². The summed E-state index contributed by atoms with van der Waals surface area (Å²) in [6.45, 7) is 3.63. The van der Waals surface area contributed by atoms with E-state index in [1.165, 1.54) is 0 Å². The van der Waals surface area contributed by atoms with Gasteiger partial charge in [-0.2, -0.15) is 0 Å². The minimum atomic E-state index is -0.705. The quantitative estimate of drug-likeness (QED) is 0.497. The van der Waals surface area contributed by atoms with Crippen LogP contribution in [0.15, 0.2) is 48.5 Å². The van der Waals surface area contributed by atoms with Crippen LogP contribution < -0.4 is 16.0 Å². The number of nitrogens with one attached hydrogen (secondary N) is 3. The molecule has 182 valence electrons. The maximum Gasteiger partial charge on any atom is 0.321 e. The zero-order chi connectivity index (χ0) is 24.5. The van der Waals surface area contributed by atoms with Gasteiger partial charge in [0.05, 0.1) is 6.61 Å². The predicted molar refractivity (Wildman–Crippen MR) is 132 cm³/mol. The number of carbonyl (C=O) groups excluding carboxylic acids is 3.